The summed E-state index contributed by atoms with van der Waals surface area (Å²) in [4.78, 5) is 20.5. The van der Waals surface area contributed by atoms with Crippen molar-refractivity contribution in [3.05, 3.63) is 0 Å². The van der Waals surface area contributed by atoms with Gasteiger partial charge in [-0.15, -0.1) is 0 Å². The van der Waals surface area contributed by atoms with Gasteiger partial charge in [0.25, 0.3) is 0 Å². The van der Waals surface area contributed by atoms with Crippen LogP contribution in [-0.4, -0.2) is 79.2 Å². The van der Waals surface area contributed by atoms with Crippen LogP contribution in [0.3, 0.4) is 0 Å². The molecule has 0 aromatic carbocycles. The molecule has 0 aliphatic carbocycles. The molecule has 78 valence electrons. The van der Waals surface area contributed by atoms with Gasteiger partial charge >= 0.3 is 63.3 Å². The van der Waals surface area contributed by atoms with Gasteiger partial charge in [-0.1, -0.05) is 0 Å². The molecule has 0 atom stereocenters. The first-order valence-corrected chi connectivity index (χ1v) is 3.89. The van der Waals surface area contributed by atoms with Crippen molar-refractivity contribution in [2.24, 2.45) is 11.5 Å². The molecule has 7 heteroatoms. The van der Waals surface area contributed by atoms with E-state index in [-0.39, 0.29) is 64.2 Å². The molecule has 0 fully saturated rings. The van der Waals surface area contributed by atoms with Crippen LogP contribution in [0.25, 0.3) is 0 Å². The van der Waals surface area contributed by atoms with Crippen LogP contribution in [-0.2, 0) is 9.59 Å². The molecule has 0 bridgehead atoms. The first kappa shape index (κ1) is 16.9. The van der Waals surface area contributed by atoms with Gasteiger partial charge in [0.15, 0.2) is 5.66 Å². The Kier molecular flexibility index (Phi) is 9.35. The zero-order valence-corrected chi connectivity index (χ0v) is 7.19. The van der Waals surface area contributed by atoms with Crippen molar-refractivity contribution in [2.45, 2.75) is 31.3 Å². The molecular formula is C7H15KN2O4. The van der Waals surface area contributed by atoms with E-state index in [9.17, 15) is 9.59 Å². The van der Waals surface area contributed by atoms with Crippen LogP contribution in [0, 0.1) is 0 Å². The van der Waals surface area contributed by atoms with E-state index in [4.69, 9.17) is 21.7 Å². The molecule has 14 heavy (non-hydrogen) atoms. The van der Waals surface area contributed by atoms with Gasteiger partial charge in [0.05, 0.1) is 0 Å². The molecule has 0 aliphatic heterocycles. The molecular weight excluding hydrogens is 215 g/mol. The summed E-state index contributed by atoms with van der Waals surface area (Å²) in [5.74, 6) is -2.18. The Labute approximate surface area is 124 Å². The second-order valence-corrected chi connectivity index (χ2v) is 2.95. The molecule has 0 unspecified atom stereocenters. The second kappa shape index (κ2) is 7.74. The molecule has 6 nitrogen and oxygen atoms in total. The standard InChI is InChI=1S/C7H14N2O4.K.H/c8-7(9,6(12)13)4-2-1-3-5(10)11;;/h1-4,8-9H2,(H,10,11)(H,12,13);;. The van der Waals surface area contributed by atoms with E-state index >= 15 is 0 Å². The van der Waals surface area contributed by atoms with E-state index in [0.717, 1.165) is 0 Å². The predicted octanol–water partition coefficient (Wildman–Crippen LogP) is -1.32. The number of carboxylic acid groups (broad SMARTS) is 2. The van der Waals surface area contributed by atoms with Crippen LogP contribution in [0.4, 0.5) is 0 Å². The van der Waals surface area contributed by atoms with Gasteiger partial charge in [-0.05, 0) is 19.3 Å². The second-order valence-electron chi connectivity index (χ2n) is 2.95. The van der Waals surface area contributed by atoms with Gasteiger partial charge < -0.3 is 21.7 Å². The Hall–Kier alpha value is 0.496. The molecule has 0 spiro atoms. The molecule has 0 aromatic heterocycles. The number of hydrogen-bond acceptors (Lipinski definition) is 4. The fourth-order valence-corrected chi connectivity index (χ4v) is 0.801. The Balaban J connectivity index is 0. The van der Waals surface area contributed by atoms with Crippen molar-refractivity contribution in [1.29, 1.82) is 0 Å². The van der Waals surface area contributed by atoms with Crippen molar-refractivity contribution >= 4 is 63.3 Å². The summed E-state index contributed by atoms with van der Waals surface area (Å²) in [6.45, 7) is 0. The van der Waals surface area contributed by atoms with Crippen LogP contribution in [0.15, 0.2) is 0 Å². The number of carboxylic acids is 2. The molecule has 0 saturated carbocycles. The predicted molar refractivity (Wildman–Crippen MR) is 52.0 cm³/mol. The van der Waals surface area contributed by atoms with Crippen molar-refractivity contribution in [1.82, 2.24) is 0 Å². The van der Waals surface area contributed by atoms with E-state index < -0.39 is 17.6 Å². The SMILES string of the molecule is NC(N)(CCCCC(=O)O)C(=O)O.[KH]. The molecule has 0 rings (SSSR count). The molecule has 0 saturated heterocycles. The van der Waals surface area contributed by atoms with Crippen LogP contribution < -0.4 is 11.5 Å². The summed E-state index contributed by atoms with van der Waals surface area (Å²) in [5.41, 5.74) is 8.68. The van der Waals surface area contributed by atoms with Gasteiger partial charge in [-0.3, -0.25) is 4.79 Å². The van der Waals surface area contributed by atoms with Gasteiger partial charge in [-0.2, -0.15) is 0 Å². The molecule has 6 N–H and O–H groups in total. The Bertz CT molecular complexity index is 208. The van der Waals surface area contributed by atoms with Gasteiger partial charge in [0.1, 0.15) is 0 Å². The van der Waals surface area contributed by atoms with E-state index in [2.05, 4.69) is 0 Å². The third-order valence-corrected chi connectivity index (χ3v) is 1.63. The molecule has 0 heterocycles. The summed E-state index contributed by atoms with van der Waals surface area (Å²) in [7, 11) is 0. The normalized spacial score (nSPS) is 10.4. The number of rotatable bonds is 6. The first-order chi connectivity index (χ1) is 5.86. The van der Waals surface area contributed by atoms with Crippen LogP contribution in [0.2, 0.25) is 0 Å². The van der Waals surface area contributed by atoms with E-state index in [1.54, 1.807) is 0 Å². The topological polar surface area (TPSA) is 127 Å². The first-order valence-electron chi connectivity index (χ1n) is 3.89. The quantitative estimate of drug-likeness (QED) is 0.255. The zero-order valence-electron chi connectivity index (χ0n) is 7.19. The van der Waals surface area contributed by atoms with Crippen molar-refractivity contribution < 1.29 is 19.8 Å². The number of hydrogen-bond donors (Lipinski definition) is 4. The van der Waals surface area contributed by atoms with Crippen molar-refractivity contribution in [2.75, 3.05) is 0 Å². The van der Waals surface area contributed by atoms with Gasteiger partial charge in [0.2, 0.25) is 0 Å². The van der Waals surface area contributed by atoms with E-state index in [1.807, 2.05) is 0 Å². The Morgan fingerprint density at radius 1 is 1.14 bits per heavy atom. The number of nitrogens with two attached hydrogens (primary N) is 2. The van der Waals surface area contributed by atoms with Crippen LogP contribution in [0.1, 0.15) is 25.7 Å². The molecule has 0 aromatic rings. The Morgan fingerprint density at radius 3 is 2.00 bits per heavy atom. The third-order valence-electron chi connectivity index (χ3n) is 1.63. The molecule has 0 radical (unpaired) electrons. The minimum absolute atomic E-state index is 0. The van der Waals surface area contributed by atoms with Crippen LogP contribution >= 0.6 is 0 Å². The maximum atomic E-state index is 10.4. The summed E-state index contributed by atoms with van der Waals surface area (Å²) in [6, 6.07) is 0. The average Bonchev–Trinajstić information content (AvgIpc) is 1.97. The maximum absolute atomic E-state index is 10.4. The fourth-order valence-electron chi connectivity index (χ4n) is 0.801. The Morgan fingerprint density at radius 2 is 1.64 bits per heavy atom. The van der Waals surface area contributed by atoms with E-state index in [0.29, 0.717) is 12.8 Å². The fraction of sp³-hybridized carbons (Fsp3) is 0.714. The number of unbranched alkanes of at least 4 members (excludes halogenated alkanes) is 1. The summed E-state index contributed by atoms with van der Waals surface area (Å²) >= 11 is 0. The van der Waals surface area contributed by atoms with Crippen LogP contribution in [0.5, 0.6) is 0 Å². The summed E-state index contributed by atoms with van der Waals surface area (Å²) < 4.78 is 0. The summed E-state index contributed by atoms with van der Waals surface area (Å²) in [6.07, 6.45) is 0.871. The zero-order chi connectivity index (χ0) is 10.5. The van der Waals surface area contributed by atoms with E-state index in [1.165, 1.54) is 0 Å². The average molecular weight is 230 g/mol. The monoisotopic (exact) mass is 230 g/mol. The summed E-state index contributed by atoms with van der Waals surface area (Å²) in [5, 5.41) is 16.8. The molecule has 0 amide bonds. The number of aliphatic carboxylic acids is 2. The third kappa shape index (κ3) is 7.86. The minimum atomic E-state index is -1.74. The molecule has 0 aliphatic rings. The van der Waals surface area contributed by atoms with Crippen molar-refractivity contribution in [3.63, 3.8) is 0 Å². The number of carbonyl (C=O) groups is 2. The van der Waals surface area contributed by atoms with Gasteiger partial charge in [0, 0.05) is 6.42 Å². The van der Waals surface area contributed by atoms with Crippen molar-refractivity contribution in [3.8, 4) is 0 Å². The van der Waals surface area contributed by atoms with Gasteiger partial charge in [-0.25, -0.2) is 4.79 Å².